The van der Waals surface area contributed by atoms with E-state index < -0.39 is 0 Å². The maximum atomic E-state index is 6.00. The molecule has 2 rings (SSSR count). The monoisotopic (exact) mass is 279 g/mol. The molecule has 1 saturated heterocycles. The first-order chi connectivity index (χ1) is 9.08. The van der Waals surface area contributed by atoms with Crippen LogP contribution < -0.4 is 10.5 Å². The van der Waals surface area contributed by atoms with E-state index in [4.69, 9.17) is 27.4 Å². The van der Waals surface area contributed by atoms with E-state index in [1.807, 2.05) is 26.0 Å². The molecule has 0 radical (unpaired) electrons. The highest BCUT2D eigenvalue weighted by atomic mass is 32.1. The van der Waals surface area contributed by atoms with Crippen LogP contribution in [0.5, 0.6) is 5.75 Å². The Morgan fingerprint density at radius 1 is 1.32 bits per heavy atom. The second-order valence-corrected chi connectivity index (χ2v) is 5.61. The lowest BCUT2D eigenvalue weighted by Gasteiger charge is -2.23. The molecule has 2 N–H and O–H groups in total. The van der Waals surface area contributed by atoms with Gasteiger partial charge in [-0.1, -0.05) is 12.2 Å². The minimum Gasteiger partial charge on any atom is -0.493 e. The van der Waals surface area contributed by atoms with Crippen molar-refractivity contribution in [1.82, 2.24) is 0 Å². The van der Waals surface area contributed by atoms with E-state index in [0.29, 0.717) is 10.9 Å². The fourth-order valence-electron chi connectivity index (χ4n) is 2.43. The van der Waals surface area contributed by atoms with Gasteiger partial charge in [0.15, 0.2) is 0 Å². The second kappa shape index (κ2) is 6.35. The number of rotatable bonds is 4. The Kier molecular flexibility index (Phi) is 4.77. The topological polar surface area (TPSA) is 44.5 Å². The first-order valence-electron chi connectivity index (χ1n) is 6.69. The Balaban J connectivity index is 2.05. The molecular formula is C15H21NO2S. The van der Waals surface area contributed by atoms with E-state index in [2.05, 4.69) is 0 Å². The van der Waals surface area contributed by atoms with Crippen LogP contribution in [0.4, 0.5) is 0 Å². The van der Waals surface area contributed by atoms with Crippen LogP contribution in [0, 0.1) is 19.8 Å². The van der Waals surface area contributed by atoms with E-state index in [0.717, 1.165) is 55.1 Å². The molecule has 1 aliphatic rings. The van der Waals surface area contributed by atoms with E-state index >= 15 is 0 Å². The van der Waals surface area contributed by atoms with Gasteiger partial charge in [0.2, 0.25) is 0 Å². The zero-order valence-corrected chi connectivity index (χ0v) is 12.4. The van der Waals surface area contributed by atoms with Gasteiger partial charge in [-0.2, -0.15) is 0 Å². The van der Waals surface area contributed by atoms with Crippen LogP contribution in [0.1, 0.15) is 29.5 Å². The van der Waals surface area contributed by atoms with Crippen LogP contribution in [-0.4, -0.2) is 24.8 Å². The van der Waals surface area contributed by atoms with Gasteiger partial charge in [-0.05, 0) is 55.9 Å². The zero-order valence-electron chi connectivity index (χ0n) is 11.6. The molecular weight excluding hydrogens is 258 g/mol. The molecule has 1 aliphatic heterocycles. The summed E-state index contributed by atoms with van der Waals surface area (Å²) in [5, 5.41) is 0. The average Bonchev–Trinajstić information content (AvgIpc) is 2.38. The number of hydrogen-bond acceptors (Lipinski definition) is 3. The summed E-state index contributed by atoms with van der Waals surface area (Å²) in [6.45, 7) is 6.54. The molecule has 0 aromatic heterocycles. The standard InChI is InChI=1S/C15H21NO2S/c1-10-7-13(15(16)19)8-11(2)14(10)18-9-12-3-5-17-6-4-12/h7-8,12H,3-6,9H2,1-2H3,(H2,16,19). The Morgan fingerprint density at radius 3 is 2.42 bits per heavy atom. The van der Waals surface area contributed by atoms with Crippen LogP contribution in [0.25, 0.3) is 0 Å². The molecule has 1 heterocycles. The Labute approximate surface area is 120 Å². The highest BCUT2D eigenvalue weighted by Gasteiger charge is 2.16. The first-order valence-corrected chi connectivity index (χ1v) is 7.10. The number of aryl methyl sites for hydroxylation is 2. The molecule has 1 aromatic carbocycles. The highest BCUT2D eigenvalue weighted by Crippen LogP contribution is 2.26. The van der Waals surface area contributed by atoms with Crippen LogP contribution in [0.2, 0.25) is 0 Å². The van der Waals surface area contributed by atoms with Crippen molar-refractivity contribution in [2.45, 2.75) is 26.7 Å². The largest absolute Gasteiger partial charge is 0.493 e. The molecule has 104 valence electrons. The maximum Gasteiger partial charge on any atom is 0.125 e. The van der Waals surface area contributed by atoms with Crippen molar-refractivity contribution in [2.24, 2.45) is 11.7 Å². The molecule has 0 atom stereocenters. The van der Waals surface area contributed by atoms with Gasteiger partial charge in [-0.3, -0.25) is 0 Å². The number of benzene rings is 1. The second-order valence-electron chi connectivity index (χ2n) is 5.17. The van der Waals surface area contributed by atoms with Gasteiger partial charge in [0.1, 0.15) is 10.7 Å². The lowest BCUT2D eigenvalue weighted by atomic mass is 10.0. The van der Waals surface area contributed by atoms with Crippen LogP contribution in [0.15, 0.2) is 12.1 Å². The third-order valence-electron chi connectivity index (χ3n) is 3.55. The molecule has 0 spiro atoms. The quantitative estimate of drug-likeness (QED) is 0.861. The third kappa shape index (κ3) is 3.67. The average molecular weight is 279 g/mol. The molecule has 1 fully saturated rings. The molecule has 0 amide bonds. The number of ether oxygens (including phenoxy) is 2. The van der Waals surface area contributed by atoms with Crippen molar-refractivity contribution in [1.29, 1.82) is 0 Å². The van der Waals surface area contributed by atoms with Gasteiger partial charge in [0.25, 0.3) is 0 Å². The Bertz CT molecular complexity index is 444. The summed E-state index contributed by atoms with van der Waals surface area (Å²) >= 11 is 5.01. The maximum absolute atomic E-state index is 6.00. The van der Waals surface area contributed by atoms with Crippen molar-refractivity contribution in [3.8, 4) is 5.75 Å². The summed E-state index contributed by atoms with van der Waals surface area (Å²) in [6.07, 6.45) is 2.17. The number of hydrogen-bond donors (Lipinski definition) is 1. The summed E-state index contributed by atoms with van der Waals surface area (Å²) in [6, 6.07) is 3.99. The molecule has 0 bridgehead atoms. The van der Waals surface area contributed by atoms with E-state index in [1.165, 1.54) is 0 Å². The predicted molar refractivity (Wildman–Crippen MR) is 80.8 cm³/mol. The summed E-state index contributed by atoms with van der Waals surface area (Å²) in [7, 11) is 0. The van der Waals surface area contributed by atoms with Crippen LogP contribution in [0.3, 0.4) is 0 Å². The number of nitrogens with two attached hydrogens (primary N) is 1. The normalized spacial score (nSPS) is 16.3. The van der Waals surface area contributed by atoms with Gasteiger partial charge in [0.05, 0.1) is 6.61 Å². The van der Waals surface area contributed by atoms with Gasteiger partial charge in [0, 0.05) is 18.8 Å². The Hall–Kier alpha value is -1.13. The van der Waals surface area contributed by atoms with E-state index in [1.54, 1.807) is 0 Å². The molecule has 0 saturated carbocycles. The lowest BCUT2D eigenvalue weighted by Crippen LogP contribution is -2.22. The van der Waals surface area contributed by atoms with Gasteiger partial charge in [-0.15, -0.1) is 0 Å². The minimum atomic E-state index is 0.433. The molecule has 0 unspecified atom stereocenters. The summed E-state index contributed by atoms with van der Waals surface area (Å²) in [4.78, 5) is 0.433. The Morgan fingerprint density at radius 2 is 1.89 bits per heavy atom. The molecule has 0 aliphatic carbocycles. The lowest BCUT2D eigenvalue weighted by molar-refractivity contribution is 0.0495. The van der Waals surface area contributed by atoms with E-state index in [-0.39, 0.29) is 0 Å². The summed E-state index contributed by atoms with van der Waals surface area (Å²) in [5.41, 5.74) is 8.76. The summed E-state index contributed by atoms with van der Waals surface area (Å²) in [5.74, 6) is 1.56. The van der Waals surface area contributed by atoms with Crippen LogP contribution >= 0.6 is 12.2 Å². The van der Waals surface area contributed by atoms with Crippen molar-refractivity contribution in [3.63, 3.8) is 0 Å². The summed E-state index contributed by atoms with van der Waals surface area (Å²) < 4.78 is 11.4. The molecule has 4 heteroatoms. The van der Waals surface area contributed by atoms with E-state index in [9.17, 15) is 0 Å². The van der Waals surface area contributed by atoms with Gasteiger partial charge < -0.3 is 15.2 Å². The third-order valence-corrected chi connectivity index (χ3v) is 3.78. The highest BCUT2D eigenvalue weighted by molar-refractivity contribution is 7.80. The van der Waals surface area contributed by atoms with Crippen molar-refractivity contribution >= 4 is 17.2 Å². The minimum absolute atomic E-state index is 0.433. The van der Waals surface area contributed by atoms with Crippen molar-refractivity contribution in [3.05, 3.63) is 28.8 Å². The smallest absolute Gasteiger partial charge is 0.125 e. The molecule has 19 heavy (non-hydrogen) atoms. The first kappa shape index (κ1) is 14.3. The number of thiocarbonyl (C=S) groups is 1. The van der Waals surface area contributed by atoms with Gasteiger partial charge >= 0.3 is 0 Å². The van der Waals surface area contributed by atoms with Crippen LogP contribution in [-0.2, 0) is 4.74 Å². The molecule has 3 nitrogen and oxygen atoms in total. The zero-order chi connectivity index (χ0) is 13.8. The van der Waals surface area contributed by atoms with Crippen molar-refractivity contribution in [2.75, 3.05) is 19.8 Å². The predicted octanol–water partition coefficient (Wildman–Crippen LogP) is 2.74. The fraction of sp³-hybridized carbons (Fsp3) is 0.533. The fourth-order valence-corrected chi connectivity index (χ4v) is 2.55. The molecule has 1 aromatic rings. The van der Waals surface area contributed by atoms with Crippen molar-refractivity contribution < 1.29 is 9.47 Å². The SMILES string of the molecule is Cc1cc(C(N)=S)cc(C)c1OCC1CCOCC1. The van der Waals surface area contributed by atoms with Gasteiger partial charge in [-0.25, -0.2) is 0 Å².